The number of hydrazine groups is 1. The molecule has 0 amide bonds. The summed E-state index contributed by atoms with van der Waals surface area (Å²) in [5.74, 6) is 5.49. The van der Waals surface area contributed by atoms with Crippen LogP contribution in [-0.2, 0) is 4.74 Å². The molecule has 0 bridgehead atoms. The van der Waals surface area contributed by atoms with E-state index in [-0.39, 0.29) is 6.04 Å². The maximum absolute atomic E-state index is 5.49. The Kier molecular flexibility index (Phi) is 5.70. The highest BCUT2D eigenvalue weighted by molar-refractivity contribution is 5.18. The minimum absolute atomic E-state index is 0.149. The molecule has 3 N–H and O–H groups in total. The van der Waals surface area contributed by atoms with Crippen LogP contribution in [0.4, 0.5) is 0 Å². The first kappa shape index (κ1) is 11.9. The highest BCUT2D eigenvalue weighted by Gasteiger charge is 2.07. The second-order valence-electron chi connectivity index (χ2n) is 3.28. The normalized spacial score (nSPS) is 12.3. The van der Waals surface area contributed by atoms with Gasteiger partial charge in [0.25, 0.3) is 0 Å². The molecular weight excluding hydrogens is 188 g/mol. The summed E-state index contributed by atoms with van der Waals surface area (Å²) in [5, 5.41) is 0. The van der Waals surface area contributed by atoms with Crippen LogP contribution in [0, 0.1) is 0 Å². The summed E-state index contributed by atoms with van der Waals surface area (Å²) in [6.45, 7) is 4.86. The lowest BCUT2D eigenvalue weighted by Crippen LogP contribution is -2.28. The van der Waals surface area contributed by atoms with Crippen molar-refractivity contribution in [2.45, 2.75) is 12.5 Å². The number of rotatable bonds is 7. The van der Waals surface area contributed by atoms with Crippen molar-refractivity contribution in [1.29, 1.82) is 0 Å². The van der Waals surface area contributed by atoms with Crippen molar-refractivity contribution in [3.8, 4) is 0 Å². The summed E-state index contributed by atoms with van der Waals surface area (Å²) in [6.07, 6.45) is 2.60. The smallest absolute Gasteiger partial charge is 0.0644 e. The van der Waals surface area contributed by atoms with Gasteiger partial charge in [-0.2, -0.15) is 0 Å². The summed E-state index contributed by atoms with van der Waals surface area (Å²) in [6, 6.07) is 10.3. The quantitative estimate of drug-likeness (QED) is 0.309. The van der Waals surface area contributed by atoms with Crippen LogP contribution in [0.25, 0.3) is 0 Å². The first-order valence-corrected chi connectivity index (χ1v) is 5.08. The molecule has 0 unspecified atom stereocenters. The third-order valence-electron chi connectivity index (χ3n) is 2.19. The molecule has 0 heterocycles. The van der Waals surface area contributed by atoms with Gasteiger partial charge in [0.15, 0.2) is 0 Å². The molecule has 0 radical (unpaired) electrons. The van der Waals surface area contributed by atoms with Crippen molar-refractivity contribution in [1.82, 2.24) is 5.43 Å². The molecule has 3 heteroatoms. The zero-order chi connectivity index (χ0) is 10.9. The molecule has 1 aromatic carbocycles. The molecule has 0 aliphatic heterocycles. The van der Waals surface area contributed by atoms with Crippen LogP contribution >= 0.6 is 0 Å². The summed E-state index contributed by atoms with van der Waals surface area (Å²) in [5.41, 5.74) is 3.97. The van der Waals surface area contributed by atoms with Crippen LogP contribution in [0.1, 0.15) is 18.0 Å². The molecule has 1 rings (SSSR count). The van der Waals surface area contributed by atoms with Gasteiger partial charge in [-0.15, -0.1) is 6.58 Å². The van der Waals surface area contributed by atoms with Crippen LogP contribution in [0.15, 0.2) is 43.0 Å². The van der Waals surface area contributed by atoms with Gasteiger partial charge in [-0.05, 0) is 12.0 Å². The molecule has 3 nitrogen and oxygen atoms in total. The van der Waals surface area contributed by atoms with Gasteiger partial charge >= 0.3 is 0 Å². The minimum atomic E-state index is 0.149. The Labute approximate surface area is 90.9 Å². The van der Waals surface area contributed by atoms with Crippen LogP contribution in [0.2, 0.25) is 0 Å². The van der Waals surface area contributed by atoms with Crippen LogP contribution in [-0.4, -0.2) is 13.2 Å². The molecule has 0 fully saturated rings. The van der Waals surface area contributed by atoms with Crippen LogP contribution in [0.5, 0.6) is 0 Å². The molecule has 0 saturated carbocycles. The summed E-state index contributed by atoms with van der Waals surface area (Å²) in [4.78, 5) is 0. The van der Waals surface area contributed by atoms with Crippen LogP contribution < -0.4 is 11.3 Å². The van der Waals surface area contributed by atoms with Crippen molar-refractivity contribution in [3.63, 3.8) is 0 Å². The Morgan fingerprint density at radius 1 is 1.40 bits per heavy atom. The van der Waals surface area contributed by atoms with E-state index < -0.39 is 0 Å². The lowest BCUT2D eigenvalue weighted by Gasteiger charge is -2.15. The highest BCUT2D eigenvalue weighted by atomic mass is 16.5. The fraction of sp³-hybridized carbons (Fsp3) is 0.333. The maximum atomic E-state index is 5.49. The fourth-order valence-electron chi connectivity index (χ4n) is 1.40. The Balaban J connectivity index is 2.39. The monoisotopic (exact) mass is 206 g/mol. The SMILES string of the molecule is C=CCOCC[C@H](NN)c1ccccc1. The summed E-state index contributed by atoms with van der Waals surface area (Å²) in [7, 11) is 0. The number of nitrogens with two attached hydrogens (primary N) is 1. The van der Waals surface area contributed by atoms with Crippen molar-refractivity contribution in [2.24, 2.45) is 5.84 Å². The topological polar surface area (TPSA) is 47.3 Å². The van der Waals surface area contributed by atoms with E-state index in [0.717, 1.165) is 6.42 Å². The van der Waals surface area contributed by atoms with Crippen molar-refractivity contribution < 1.29 is 4.74 Å². The second-order valence-corrected chi connectivity index (χ2v) is 3.28. The molecule has 15 heavy (non-hydrogen) atoms. The van der Waals surface area contributed by atoms with Crippen LogP contribution in [0.3, 0.4) is 0 Å². The fourth-order valence-corrected chi connectivity index (χ4v) is 1.40. The molecule has 1 atom stereocenters. The van der Waals surface area contributed by atoms with Crippen molar-refractivity contribution in [2.75, 3.05) is 13.2 Å². The van der Waals surface area contributed by atoms with Crippen molar-refractivity contribution in [3.05, 3.63) is 48.6 Å². The first-order chi connectivity index (χ1) is 7.38. The number of hydrogen-bond donors (Lipinski definition) is 2. The summed E-state index contributed by atoms with van der Waals surface area (Å²) >= 11 is 0. The standard InChI is InChI=1S/C12H18N2O/c1-2-9-15-10-8-12(14-13)11-6-4-3-5-7-11/h2-7,12,14H,1,8-10,13H2/t12-/m0/s1. The van der Waals surface area contributed by atoms with E-state index in [1.54, 1.807) is 6.08 Å². The molecular formula is C12H18N2O. The number of benzene rings is 1. The average molecular weight is 206 g/mol. The zero-order valence-electron chi connectivity index (χ0n) is 8.86. The first-order valence-electron chi connectivity index (χ1n) is 5.08. The highest BCUT2D eigenvalue weighted by Crippen LogP contribution is 2.14. The third-order valence-corrected chi connectivity index (χ3v) is 2.19. The number of hydrogen-bond acceptors (Lipinski definition) is 3. The van der Waals surface area contributed by atoms with Gasteiger partial charge in [-0.3, -0.25) is 11.3 Å². The summed E-state index contributed by atoms with van der Waals surface area (Å²) < 4.78 is 5.32. The van der Waals surface area contributed by atoms with Gasteiger partial charge < -0.3 is 4.74 Å². The van der Waals surface area contributed by atoms with Crippen molar-refractivity contribution >= 4 is 0 Å². The molecule has 0 aromatic heterocycles. The van der Waals surface area contributed by atoms with Gasteiger partial charge in [-0.1, -0.05) is 36.4 Å². The zero-order valence-corrected chi connectivity index (χ0v) is 8.86. The average Bonchev–Trinajstić information content (AvgIpc) is 2.30. The van der Waals surface area contributed by atoms with Gasteiger partial charge in [0, 0.05) is 12.6 Å². The van der Waals surface area contributed by atoms with Gasteiger partial charge in [0.1, 0.15) is 0 Å². The maximum Gasteiger partial charge on any atom is 0.0644 e. The van der Waals surface area contributed by atoms with E-state index in [2.05, 4.69) is 24.1 Å². The third kappa shape index (κ3) is 4.25. The lowest BCUT2D eigenvalue weighted by molar-refractivity contribution is 0.150. The number of ether oxygens (including phenoxy) is 1. The van der Waals surface area contributed by atoms with E-state index in [9.17, 15) is 0 Å². The predicted octanol–water partition coefficient (Wildman–Crippen LogP) is 1.78. The van der Waals surface area contributed by atoms with E-state index in [4.69, 9.17) is 10.6 Å². The molecule has 0 spiro atoms. The van der Waals surface area contributed by atoms with Gasteiger partial charge in [0.05, 0.1) is 6.61 Å². The molecule has 0 aliphatic carbocycles. The number of nitrogens with one attached hydrogen (secondary N) is 1. The Bertz CT molecular complexity index is 274. The molecule has 0 saturated heterocycles. The van der Waals surface area contributed by atoms with E-state index in [1.807, 2.05) is 18.2 Å². The second kappa shape index (κ2) is 7.17. The Morgan fingerprint density at radius 3 is 2.73 bits per heavy atom. The largest absolute Gasteiger partial charge is 0.377 e. The van der Waals surface area contributed by atoms with Gasteiger partial charge in [0.2, 0.25) is 0 Å². The molecule has 1 aromatic rings. The Hall–Kier alpha value is -1.16. The van der Waals surface area contributed by atoms with Gasteiger partial charge in [-0.25, -0.2) is 0 Å². The lowest BCUT2D eigenvalue weighted by atomic mass is 10.1. The van der Waals surface area contributed by atoms with E-state index >= 15 is 0 Å². The molecule has 82 valence electrons. The predicted molar refractivity (Wildman–Crippen MR) is 62.1 cm³/mol. The van der Waals surface area contributed by atoms with E-state index in [1.165, 1.54) is 5.56 Å². The van der Waals surface area contributed by atoms with E-state index in [0.29, 0.717) is 13.2 Å². The Morgan fingerprint density at radius 2 is 2.13 bits per heavy atom. The molecule has 0 aliphatic rings. The minimum Gasteiger partial charge on any atom is -0.377 e.